The third-order valence-electron chi connectivity index (χ3n) is 2.58. The second-order valence-electron chi connectivity index (χ2n) is 3.80. The second kappa shape index (κ2) is 6.50. The summed E-state index contributed by atoms with van der Waals surface area (Å²) in [5, 5.41) is 0.750. The molecule has 2 aromatic rings. The average molecular weight is 411 g/mol. The van der Waals surface area contributed by atoms with Crippen LogP contribution in [0.25, 0.3) is 0 Å². The topological polar surface area (TPSA) is 38.0 Å². The van der Waals surface area contributed by atoms with Crippen LogP contribution in [0.5, 0.6) is 0 Å². The number of hydrogen-bond acceptors (Lipinski definition) is 3. The number of thiophene rings is 1. The van der Waals surface area contributed by atoms with Crippen molar-refractivity contribution in [2.75, 3.05) is 0 Å². The minimum absolute atomic E-state index is 0.0694. The van der Waals surface area contributed by atoms with Crippen molar-refractivity contribution in [3.05, 3.63) is 54.1 Å². The van der Waals surface area contributed by atoms with Crippen LogP contribution in [0.2, 0.25) is 5.02 Å². The quantitative estimate of drug-likeness (QED) is 0.568. The zero-order chi connectivity index (χ0) is 13.1. The predicted molar refractivity (Wildman–Crippen MR) is 84.9 cm³/mol. The predicted octanol–water partition coefficient (Wildman–Crippen LogP) is 4.67. The van der Waals surface area contributed by atoms with Gasteiger partial charge in [0.2, 0.25) is 0 Å². The first-order valence-corrected chi connectivity index (χ1v) is 8.03. The van der Waals surface area contributed by atoms with Crippen LogP contribution in [0.3, 0.4) is 0 Å². The normalized spacial score (nSPS) is 12.7. The molecule has 3 N–H and O–H groups in total. The van der Waals surface area contributed by atoms with Gasteiger partial charge in [-0.1, -0.05) is 33.6 Å². The van der Waals surface area contributed by atoms with Crippen molar-refractivity contribution in [1.82, 2.24) is 5.43 Å². The van der Waals surface area contributed by atoms with E-state index in [1.807, 2.05) is 24.3 Å². The Morgan fingerprint density at radius 2 is 2.06 bits per heavy atom. The summed E-state index contributed by atoms with van der Waals surface area (Å²) in [4.78, 5) is 1.18. The van der Waals surface area contributed by atoms with Crippen molar-refractivity contribution in [1.29, 1.82) is 0 Å². The van der Waals surface area contributed by atoms with E-state index < -0.39 is 0 Å². The Morgan fingerprint density at radius 1 is 1.28 bits per heavy atom. The number of halogens is 3. The molecule has 6 heteroatoms. The molecule has 2 rings (SSSR count). The van der Waals surface area contributed by atoms with E-state index in [1.54, 1.807) is 11.3 Å². The monoisotopic (exact) mass is 408 g/mol. The lowest BCUT2D eigenvalue weighted by atomic mass is 10.1. The van der Waals surface area contributed by atoms with Gasteiger partial charge in [0.15, 0.2) is 0 Å². The Morgan fingerprint density at radius 3 is 2.61 bits per heavy atom. The van der Waals surface area contributed by atoms with Crippen molar-refractivity contribution in [2.45, 2.75) is 12.5 Å². The van der Waals surface area contributed by atoms with E-state index in [-0.39, 0.29) is 6.04 Å². The molecule has 0 radical (unpaired) electrons. The van der Waals surface area contributed by atoms with Crippen molar-refractivity contribution in [3.63, 3.8) is 0 Å². The molecule has 1 aromatic carbocycles. The zero-order valence-electron chi connectivity index (χ0n) is 9.29. The molecule has 1 aromatic heterocycles. The van der Waals surface area contributed by atoms with E-state index >= 15 is 0 Å². The minimum atomic E-state index is 0.0694. The molecule has 0 saturated carbocycles. The molecule has 2 nitrogen and oxygen atoms in total. The first kappa shape index (κ1) is 14.5. The molecule has 0 spiro atoms. The molecule has 1 unspecified atom stereocenters. The van der Waals surface area contributed by atoms with Crippen LogP contribution < -0.4 is 11.3 Å². The van der Waals surface area contributed by atoms with Gasteiger partial charge in [-0.05, 0) is 52.2 Å². The minimum Gasteiger partial charge on any atom is -0.271 e. The van der Waals surface area contributed by atoms with Crippen LogP contribution in [0.4, 0.5) is 0 Å². The van der Waals surface area contributed by atoms with Gasteiger partial charge in [-0.2, -0.15) is 0 Å². The number of hydrogen-bond donors (Lipinski definition) is 2. The molecule has 96 valence electrons. The van der Waals surface area contributed by atoms with Gasteiger partial charge < -0.3 is 0 Å². The molecule has 1 atom stereocenters. The Balaban J connectivity index is 2.20. The van der Waals surface area contributed by atoms with E-state index in [4.69, 9.17) is 17.4 Å². The fraction of sp³-hybridized carbons (Fsp3) is 0.167. The Labute approximate surface area is 132 Å². The van der Waals surface area contributed by atoms with Gasteiger partial charge >= 0.3 is 0 Å². The van der Waals surface area contributed by atoms with E-state index in [9.17, 15) is 0 Å². The maximum atomic E-state index is 6.22. The molecule has 0 aliphatic heterocycles. The van der Waals surface area contributed by atoms with Gasteiger partial charge in [0, 0.05) is 14.4 Å². The molecule has 0 amide bonds. The Hall–Kier alpha value is 0.0900. The van der Waals surface area contributed by atoms with Gasteiger partial charge in [-0.3, -0.25) is 11.3 Å². The SMILES string of the molecule is NNC(Cc1ccc(Br)cc1Cl)c1ccc(Br)s1. The van der Waals surface area contributed by atoms with E-state index in [1.165, 1.54) is 4.88 Å². The highest BCUT2D eigenvalue weighted by molar-refractivity contribution is 9.11. The number of hydrazine groups is 1. The molecule has 0 aliphatic rings. The lowest BCUT2D eigenvalue weighted by Crippen LogP contribution is -2.29. The molecule has 1 heterocycles. The van der Waals surface area contributed by atoms with Gasteiger partial charge in [-0.25, -0.2) is 0 Å². The summed E-state index contributed by atoms with van der Waals surface area (Å²) in [7, 11) is 0. The van der Waals surface area contributed by atoms with Gasteiger partial charge in [0.1, 0.15) is 0 Å². The van der Waals surface area contributed by atoms with Crippen molar-refractivity contribution in [3.8, 4) is 0 Å². The molecule has 0 fully saturated rings. The van der Waals surface area contributed by atoms with Crippen LogP contribution in [0.15, 0.2) is 38.6 Å². The van der Waals surface area contributed by atoms with E-state index in [0.29, 0.717) is 0 Å². The standard InChI is InChI=1S/C12H11Br2ClN2S/c13-8-2-1-7(9(15)6-8)5-10(17-16)11-3-4-12(14)18-11/h1-4,6,10,17H,5,16H2. The smallest absolute Gasteiger partial charge is 0.0702 e. The van der Waals surface area contributed by atoms with Crippen LogP contribution in [-0.2, 0) is 6.42 Å². The fourth-order valence-electron chi connectivity index (χ4n) is 1.66. The van der Waals surface area contributed by atoms with Crippen LogP contribution in [0.1, 0.15) is 16.5 Å². The summed E-state index contributed by atoms with van der Waals surface area (Å²) < 4.78 is 2.08. The van der Waals surface area contributed by atoms with Gasteiger partial charge in [-0.15, -0.1) is 11.3 Å². The summed E-state index contributed by atoms with van der Waals surface area (Å²) in [6.07, 6.45) is 0.759. The van der Waals surface area contributed by atoms with Crippen molar-refractivity contribution in [2.24, 2.45) is 5.84 Å². The maximum Gasteiger partial charge on any atom is 0.0702 e. The van der Waals surface area contributed by atoms with Crippen LogP contribution >= 0.6 is 54.8 Å². The first-order chi connectivity index (χ1) is 8.60. The third-order valence-corrected chi connectivity index (χ3v) is 5.16. The number of benzene rings is 1. The number of rotatable bonds is 4. The van der Waals surface area contributed by atoms with Crippen molar-refractivity contribution < 1.29 is 0 Å². The maximum absolute atomic E-state index is 6.22. The first-order valence-electron chi connectivity index (χ1n) is 5.25. The highest BCUT2D eigenvalue weighted by Gasteiger charge is 2.14. The lowest BCUT2D eigenvalue weighted by Gasteiger charge is -2.15. The molecule has 0 bridgehead atoms. The summed E-state index contributed by atoms with van der Waals surface area (Å²) >= 11 is 14.7. The molecule has 0 saturated heterocycles. The van der Waals surface area contributed by atoms with Crippen molar-refractivity contribution >= 4 is 54.8 Å². The van der Waals surface area contributed by atoms with Crippen LogP contribution in [-0.4, -0.2) is 0 Å². The average Bonchev–Trinajstić information content (AvgIpc) is 2.75. The summed E-state index contributed by atoms with van der Waals surface area (Å²) in [5.41, 5.74) is 3.92. The van der Waals surface area contributed by atoms with Crippen LogP contribution in [0, 0.1) is 0 Å². The third kappa shape index (κ3) is 3.56. The number of nitrogens with one attached hydrogen (secondary N) is 1. The Kier molecular flexibility index (Phi) is 5.24. The number of nitrogens with two attached hydrogens (primary N) is 1. The highest BCUT2D eigenvalue weighted by Crippen LogP contribution is 2.31. The second-order valence-corrected chi connectivity index (χ2v) is 7.62. The zero-order valence-corrected chi connectivity index (χ0v) is 14.0. The summed E-state index contributed by atoms with van der Waals surface area (Å²) in [6, 6.07) is 10.0. The molecular formula is C12H11Br2ClN2S. The molecule has 18 heavy (non-hydrogen) atoms. The van der Waals surface area contributed by atoms with Gasteiger partial charge in [0.25, 0.3) is 0 Å². The molecular weight excluding hydrogens is 399 g/mol. The fourth-order valence-corrected chi connectivity index (χ4v) is 3.90. The van der Waals surface area contributed by atoms with E-state index in [0.717, 1.165) is 25.3 Å². The largest absolute Gasteiger partial charge is 0.271 e. The summed E-state index contributed by atoms with van der Waals surface area (Å²) in [6.45, 7) is 0. The Bertz CT molecular complexity index is 545. The molecule has 0 aliphatic carbocycles. The lowest BCUT2D eigenvalue weighted by molar-refractivity contribution is 0.560. The van der Waals surface area contributed by atoms with E-state index in [2.05, 4.69) is 43.4 Å². The highest BCUT2D eigenvalue weighted by atomic mass is 79.9. The van der Waals surface area contributed by atoms with Gasteiger partial charge in [0.05, 0.1) is 9.83 Å². The summed E-state index contributed by atoms with van der Waals surface area (Å²) in [5.74, 6) is 5.63.